The molecule has 0 radical (unpaired) electrons. The van der Waals surface area contributed by atoms with Crippen LogP contribution in [0.15, 0.2) is 17.4 Å². The van der Waals surface area contributed by atoms with Crippen molar-refractivity contribution in [2.24, 2.45) is 4.99 Å². The molecule has 0 unspecified atom stereocenters. The third kappa shape index (κ3) is 2.16. The fourth-order valence-electron chi connectivity index (χ4n) is 0.665. The molecule has 2 nitrogen and oxygen atoms in total. The molecule has 1 aromatic rings. The summed E-state index contributed by atoms with van der Waals surface area (Å²) in [6, 6.07) is 0. The van der Waals surface area contributed by atoms with Crippen molar-refractivity contribution in [3.8, 4) is 0 Å². The molecule has 0 bridgehead atoms. The Morgan fingerprint density at radius 3 is 2.33 bits per heavy atom. The molecule has 0 spiro atoms. The van der Waals surface area contributed by atoms with E-state index in [1.54, 1.807) is 0 Å². The molecule has 0 aromatic carbocycles. The van der Waals surface area contributed by atoms with E-state index in [4.69, 9.17) is 23.2 Å². The zero-order chi connectivity index (χ0) is 9.14. The fourth-order valence-corrected chi connectivity index (χ4v) is 1.11. The van der Waals surface area contributed by atoms with Gasteiger partial charge in [-0.1, -0.05) is 23.2 Å². The molecule has 0 atom stereocenters. The minimum atomic E-state index is -0.593. The van der Waals surface area contributed by atoms with Crippen LogP contribution in [0.5, 0.6) is 0 Å². The van der Waals surface area contributed by atoms with Crippen molar-refractivity contribution >= 4 is 34.9 Å². The van der Waals surface area contributed by atoms with Crippen LogP contribution in [0.3, 0.4) is 0 Å². The van der Waals surface area contributed by atoms with E-state index in [0.717, 1.165) is 0 Å². The molecule has 0 saturated carbocycles. The van der Waals surface area contributed by atoms with Crippen LogP contribution in [0.25, 0.3) is 0 Å². The van der Waals surface area contributed by atoms with Crippen molar-refractivity contribution in [1.29, 1.82) is 0 Å². The Kier molecular flexibility index (Phi) is 3.00. The first-order valence-electron chi connectivity index (χ1n) is 3.11. The van der Waals surface area contributed by atoms with Crippen LogP contribution in [0.1, 0.15) is 6.92 Å². The average Bonchev–Trinajstić information content (AvgIpc) is 1.97. The van der Waals surface area contributed by atoms with Crippen LogP contribution in [0.4, 0.5) is 10.1 Å². The maximum Gasteiger partial charge on any atom is 0.186 e. The van der Waals surface area contributed by atoms with Gasteiger partial charge in [0.1, 0.15) is 5.69 Å². The van der Waals surface area contributed by atoms with Crippen LogP contribution in [0.2, 0.25) is 10.0 Å². The number of aromatic nitrogens is 1. The molecule has 0 aliphatic carbocycles. The van der Waals surface area contributed by atoms with Crippen molar-refractivity contribution in [3.63, 3.8) is 0 Å². The zero-order valence-corrected chi connectivity index (χ0v) is 7.69. The van der Waals surface area contributed by atoms with Gasteiger partial charge >= 0.3 is 0 Å². The summed E-state index contributed by atoms with van der Waals surface area (Å²) in [6.07, 6.45) is 2.71. The minimum Gasteiger partial charge on any atom is -0.261 e. The zero-order valence-electron chi connectivity index (χ0n) is 6.18. The highest BCUT2D eigenvalue weighted by Gasteiger charge is 2.04. The second-order valence-corrected chi connectivity index (χ2v) is 2.88. The van der Waals surface area contributed by atoms with Gasteiger partial charge in [0.15, 0.2) is 5.97 Å². The highest BCUT2D eigenvalue weighted by Crippen LogP contribution is 2.31. The topological polar surface area (TPSA) is 25.2 Å². The first kappa shape index (κ1) is 9.42. The second kappa shape index (κ2) is 3.83. The van der Waals surface area contributed by atoms with Crippen molar-refractivity contribution in [2.75, 3.05) is 0 Å². The lowest BCUT2D eigenvalue weighted by atomic mass is 10.4. The first-order chi connectivity index (χ1) is 5.61. The number of hydrogen-bond donors (Lipinski definition) is 0. The Hall–Kier alpha value is -0.670. The van der Waals surface area contributed by atoms with Gasteiger partial charge in [0.05, 0.1) is 10.0 Å². The summed E-state index contributed by atoms with van der Waals surface area (Å²) in [7, 11) is 0. The van der Waals surface area contributed by atoms with Crippen LogP contribution >= 0.6 is 23.2 Å². The number of nitrogens with zero attached hydrogens (tertiary/aromatic N) is 2. The van der Waals surface area contributed by atoms with E-state index in [2.05, 4.69) is 9.98 Å². The molecule has 1 heterocycles. The Morgan fingerprint density at radius 1 is 1.42 bits per heavy atom. The van der Waals surface area contributed by atoms with Gasteiger partial charge in [-0.2, -0.15) is 4.39 Å². The van der Waals surface area contributed by atoms with Crippen LogP contribution < -0.4 is 0 Å². The summed E-state index contributed by atoms with van der Waals surface area (Å²) >= 11 is 11.3. The molecule has 0 N–H and O–H groups in total. The van der Waals surface area contributed by atoms with Gasteiger partial charge in [-0.25, -0.2) is 4.99 Å². The lowest BCUT2D eigenvalue weighted by molar-refractivity contribution is 0.798. The predicted octanol–water partition coefficient (Wildman–Crippen LogP) is 3.41. The first-order valence-corrected chi connectivity index (χ1v) is 3.86. The standard InChI is InChI=1S/C7H5Cl2FN2/c1-4(10)12-7-5(8)2-11-3-6(7)9/h2-3H,1H3. The molecular weight excluding hydrogens is 202 g/mol. The molecule has 0 aliphatic rings. The van der Waals surface area contributed by atoms with E-state index in [0.29, 0.717) is 0 Å². The highest BCUT2D eigenvalue weighted by molar-refractivity contribution is 6.38. The van der Waals surface area contributed by atoms with Gasteiger partial charge in [0.2, 0.25) is 0 Å². The van der Waals surface area contributed by atoms with Crippen molar-refractivity contribution < 1.29 is 4.39 Å². The van der Waals surface area contributed by atoms with Gasteiger partial charge in [0.25, 0.3) is 0 Å². The highest BCUT2D eigenvalue weighted by atomic mass is 35.5. The third-order valence-corrected chi connectivity index (χ3v) is 1.65. The number of rotatable bonds is 1. The van der Waals surface area contributed by atoms with E-state index >= 15 is 0 Å². The van der Waals surface area contributed by atoms with Gasteiger partial charge in [0, 0.05) is 19.3 Å². The molecule has 1 aromatic heterocycles. The summed E-state index contributed by atoms with van der Waals surface area (Å²) < 4.78 is 12.4. The molecule has 0 saturated heterocycles. The molecule has 0 aliphatic heterocycles. The maximum absolute atomic E-state index is 12.4. The third-order valence-electron chi connectivity index (χ3n) is 1.09. The fraction of sp³-hybridized carbons (Fsp3) is 0.143. The molecule has 0 amide bonds. The minimum absolute atomic E-state index is 0.216. The number of hydrogen-bond acceptors (Lipinski definition) is 2. The maximum atomic E-state index is 12.4. The Balaban J connectivity index is 3.22. The number of aliphatic imine (C=N–C) groups is 1. The van der Waals surface area contributed by atoms with Crippen molar-refractivity contribution in [2.45, 2.75) is 6.92 Å². The van der Waals surface area contributed by atoms with E-state index in [9.17, 15) is 4.39 Å². The summed E-state index contributed by atoms with van der Waals surface area (Å²) in [5, 5.41) is 0.471. The summed E-state index contributed by atoms with van der Waals surface area (Å²) in [6.45, 7) is 1.22. The number of halogens is 3. The van der Waals surface area contributed by atoms with E-state index in [1.165, 1.54) is 19.3 Å². The second-order valence-electron chi connectivity index (χ2n) is 2.06. The largest absolute Gasteiger partial charge is 0.261 e. The molecule has 64 valence electrons. The molecule has 5 heteroatoms. The van der Waals surface area contributed by atoms with Crippen LogP contribution in [-0.2, 0) is 0 Å². The van der Waals surface area contributed by atoms with Gasteiger partial charge in [-0.15, -0.1) is 0 Å². The van der Waals surface area contributed by atoms with E-state index in [1.807, 2.05) is 0 Å². The lowest BCUT2D eigenvalue weighted by Gasteiger charge is -1.98. The SMILES string of the molecule is CC(F)=Nc1c(Cl)cncc1Cl. The van der Waals surface area contributed by atoms with Crippen LogP contribution in [0, 0.1) is 0 Å². The Labute approximate surface area is 79.0 Å². The van der Waals surface area contributed by atoms with Gasteiger partial charge in [-0.05, 0) is 0 Å². The van der Waals surface area contributed by atoms with E-state index < -0.39 is 5.97 Å². The quantitative estimate of drug-likeness (QED) is 0.647. The Morgan fingerprint density at radius 2 is 1.92 bits per heavy atom. The lowest BCUT2D eigenvalue weighted by Crippen LogP contribution is -1.80. The molecule has 1 rings (SSSR count). The monoisotopic (exact) mass is 206 g/mol. The molecule has 12 heavy (non-hydrogen) atoms. The molecular formula is C7H5Cl2FN2. The predicted molar refractivity (Wildman–Crippen MR) is 48.1 cm³/mol. The van der Waals surface area contributed by atoms with Gasteiger partial charge in [-0.3, -0.25) is 4.98 Å². The summed E-state index contributed by atoms with van der Waals surface area (Å²) in [5.74, 6) is -0.593. The number of pyridine rings is 1. The normalized spacial score (nSPS) is 11.8. The average molecular weight is 207 g/mol. The van der Waals surface area contributed by atoms with Crippen LogP contribution in [-0.4, -0.2) is 10.9 Å². The molecule has 0 fully saturated rings. The van der Waals surface area contributed by atoms with E-state index in [-0.39, 0.29) is 15.7 Å². The summed E-state index contributed by atoms with van der Waals surface area (Å²) in [4.78, 5) is 7.20. The van der Waals surface area contributed by atoms with Crippen molar-refractivity contribution in [1.82, 2.24) is 4.98 Å². The van der Waals surface area contributed by atoms with Crippen molar-refractivity contribution in [3.05, 3.63) is 22.4 Å². The Bertz CT molecular complexity index is 301. The summed E-state index contributed by atoms with van der Waals surface area (Å²) in [5.41, 5.74) is 0.216. The van der Waals surface area contributed by atoms with Gasteiger partial charge < -0.3 is 0 Å². The smallest absolute Gasteiger partial charge is 0.186 e.